The van der Waals surface area contributed by atoms with Gasteiger partial charge in [-0.1, -0.05) is 60.7 Å². The minimum Gasteiger partial charge on any atom is -0.376 e. The van der Waals surface area contributed by atoms with Crippen LogP contribution in [0.15, 0.2) is 60.7 Å². The fourth-order valence-corrected chi connectivity index (χ4v) is 2.29. The third-order valence-corrected chi connectivity index (χ3v) is 3.62. The van der Waals surface area contributed by atoms with Crippen LogP contribution in [0.1, 0.15) is 18.1 Å². The lowest BCUT2D eigenvalue weighted by Gasteiger charge is -2.30. The number of aliphatic hydroxyl groups excluding tert-OH is 1. The fourth-order valence-electron chi connectivity index (χ4n) is 2.29. The minimum atomic E-state index is -0.988. The molecular formula is C18H20N2O. The topological polar surface area (TPSA) is 47.3 Å². The van der Waals surface area contributed by atoms with Crippen LogP contribution < -0.4 is 0 Å². The van der Waals surface area contributed by atoms with Gasteiger partial charge in [0.25, 0.3) is 0 Å². The molecule has 0 aromatic heterocycles. The first-order valence-electron chi connectivity index (χ1n) is 7.10. The molecule has 0 amide bonds. The van der Waals surface area contributed by atoms with Crippen molar-refractivity contribution in [2.45, 2.75) is 32.2 Å². The first-order chi connectivity index (χ1) is 10.2. The summed E-state index contributed by atoms with van der Waals surface area (Å²) in [6.07, 6.45) is -0.988. The maximum Gasteiger partial charge on any atom is 0.155 e. The van der Waals surface area contributed by atoms with Gasteiger partial charge in [0.1, 0.15) is 0 Å². The fraction of sp³-hybridized carbons (Fsp3) is 0.278. The third-order valence-electron chi connectivity index (χ3n) is 3.62. The van der Waals surface area contributed by atoms with Crippen molar-refractivity contribution in [1.82, 2.24) is 4.90 Å². The Morgan fingerprint density at radius 1 is 0.952 bits per heavy atom. The first-order valence-corrected chi connectivity index (χ1v) is 7.10. The van der Waals surface area contributed by atoms with Gasteiger partial charge >= 0.3 is 0 Å². The van der Waals surface area contributed by atoms with Crippen molar-refractivity contribution in [2.75, 3.05) is 0 Å². The Labute approximate surface area is 126 Å². The van der Waals surface area contributed by atoms with Gasteiger partial charge in [-0.2, -0.15) is 5.26 Å². The molecular weight excluding hydrogens is 260 g/mol. The minimum absolute atomic E-state index is 0.226. The summed E-state index contributed by atoms with van der Waals surface area (Å²) in [7, 11) is 0. The smallest absolute Gasteiger partial charge is 0.155 e. The summed E-state index contributed by atoms with van der Waals surface area (Å²) >= 11 is 0. The van der Waals surface area contributed by atoms with Gasteiger partial charge in [0.15, 0.2) is 6.10 Å². The average Bonchev–Trinajstić information content (AvgIpc) is 2.54. The van der Waals surface area contributed by atoms with Gasteiger partial charge in [0, 0.05) is 19.1 Å². The Morgan fingerprint density at radius 2 is 1.38 bits per heavy atom. The molecule has 0 heterocycles. The Hall–Kier alpha value is -2.15. The number of aliphatic hydroxyl groups is 1. The molecule has 0 spiro atoms. The van der Waals surface area contributed by atoms with Crippen molar-refractivity contribution in [3.63, 3.8) is 0 Å². The number of hydrogen-bond donors (Lipinski definition) is 1. The Balaban J connectivity index is 2.16. The van der Waals surface area contributed by atoms with E-state index in [9.17, 15) is 5.11 Å². The largest absolute Gasteiger partial charge is 0.376 e. The number of nitrogens with zero attached hydrogens (tertiary/aromatic N) is 2. The second-order valence-electron chi connectivity index (χ2n) is 5.19. The van der Waals surface area contributed by atoms with Crippen LogP contribution in [-0.4, -0.2) is 22.2 Å². The summed E-state index contributed by atoms with van der Waals surface area (Å²) < 4.78 is 0. The summed E-state index contributed by atoms with van der Waals surface area (Å²) in [6.45, 7) is 3.30. The molecule has 3 heteroatoms. The van der Waals surface area contributed by atoms with E-state index in [-0.39, 0.29) is 6.04 Å². The van der Waals surface area contributed by atoms with Gasteiger partial charge in [-0.3, -0.25) is 4.90 Å². The Kier molecular flexibility index (Phi) is 5.51. The molecule has 0 fully saturated rings. The molecule has 0 bridgehead atoms. The van der Waals surface area contributed by atoms with Gasteiger partial charge < -0.3 is 5.11 Å². The molecule has 0 radical (unpaired) electrons. The van der Waals surface area contributed by atoms with Crippen molar-refractivity contribution in [3.05, 3.63) is 71.8 Å². The molecule has 0 saturated heterocycles. The highest BCUT2D eigenvalue weighted by Gasteiger charge is 2.21. The van der Waals surface area contributed by atoms with Gasteiger partial charge in [-0.25, -0.2) is 0 Å². The van der Waals surface area contributed by atoms with Crippen molar-refractivity contribution in [2.24, 2.45) is 0 Å². The zero-order valence-electron chi connectivity index (χ0n) is 12.2. The van der Waals surface area contributed by atoms with Crippen LogP contribution in [0.5, 0.6) is 0 Å². The molecule has 0 saturated carbocycles. The van der Waals surface area contributed by atoms with E-state index in [1.54, 1.807) is 0 Å². The molecule has 2 aromatic carbocycles. The van der Waals surface area contributed by atoms with E-state index in [4.69, 9.17) is 5.26 Å². The quantitative estimate of drug-likeness (QED) is 0.828. The molecule has 1 N–H and O–H groups in total. The van der Waals surface area contributed by atoms with Crippen LogP contribution in [0.3, 0.4) is 0 Å². The standard InChI is InChI=1S/C18H20N2O/c1-15(18(21)12-19)20(13-16-8-4-2-5-9-16)14-17-10-6-3-7-11-17/h2-11,15,18,21H,13-14H2,1H3/t15-,18-/m0/s1. The van der Waals surface area contributed by atoms with E-state index in [0.29, 0.717) is 13.1 Å². The summed E-state index contributed by atoms with van der Waals surface area (Å²) in [5, 5.41) is 18.8. The van der Waals surface area contributed by atoms with E-state index < -0.39 is 6.10 Å². The Morgan fingerprint density at radius 3 is 1.76 bits per heavy atom. The monoisotopic (exact) mass is 280 g/mol. The van der Waals surface area contributed by atoms with E-state index >= 15 is 0 Å². The zero-order chi connectivity index (χ0) is 15.1. The molecule has 0 aliphatic rings. The van der Waals surface area contributed by atoms with Gasteiger partial charge in [-0.15, -0.1) is 0 Å². The Bertz CT molecular complexity index is 536. The van der Waals surface area contributed by atoms with Crippen LogP contribution in [0.25, 0.3) is 0 Å². The SMILES string of the molecule is C[C@@H]([C@@H](O)C#N)N(Cc1ccccc1)Cc1ccccc1. The highest BCUT2D eigenvalue weighted by Crippen LogP contribution is 2.15. The van der Waals surface area contributed by atoms with E-state index in [1.165, 1.54) is 11.1 Å². The van der Waals surface area contributed by atoms with Crippen molar-refractivity contribution in [3.8, 4) is 6.07 Å². The molecule has 3 nitrogen and oxygen atoms in total. The molecule has 108 valence electrons. The molecule has 21 heavy (non-hydrogen) atoms. The average molecular weight is 280 g/mol. The first kappa shape index (κ1) is 15.2. The second-order valence-corrected chi connectivity index (χ2v) is 5.19. The van der Waals surface area contributed by atoms with Gasteiger partial charge in [0.05, 0.1) is 6.07 Å². The molecule has 0 aliphatic carbocycles. The summed E-state index contributed by atoms with van der Waals surface area (Å²) in [5.74, 6) is 0. The molecule has 0 unspecified atom stereocenters. The maximum atomic E-state index is 9.85. The van der Waals surface area contributed by atoms with Crippen LogP contribution in [0.2, 0.25) is 0 Å². The highest BCUT2D eigenvalue weighted by molar-refractivity contribution is 5.17. The molecule has 2 rings (SSSR count). The van der Waals surface area contributed by atoms with E-state index in [0.717, 1.165) is 0 Å². The lowest BCUT2D eigenvalue weighted by molar-refractivity contribution is 0.0823. The van der Waals surface area contributed by atoms with E-state index in [2.05, 4.69) is 29.2 Å². The van der Waals surface area contributed by atoms with Crippen LogP contribution >= 0.6 is 0 Å². The molecule has 2 atom stereocenters. The van der Waals surface area contributed by atoms with Gasteiger partial charge in [0.2, 0.25) is 0 Å². The predicted octanol–water partition coefficient (Wildman–Crippen LogP) is 2.96. The van der Waals surface area contributed by atoms with Crippen molar-refractivity contribution < 1.29 is 5.11 Å². The molecule has 0 aliphatic heterocycles. The van der Waals surface area contributed by atoms with Crippen molar-refractivity contribution in [1.29, 1.82) is 5.26 Å². The second kappa shape index (κ2) is 7.58. The van der Waals surface area contributed by atoms with Crippen LogP contribution in [0.4, 0.5) is 0 Å². The summed E-state index contributed by atoms with van der Waals surface area (Å²) in [5.41, 5.74) is 2.34. The van der Waals surface area contributed by atoms with Crippen molar-refractivity contribution >= 4 is 0 Å². The maximum absolute atomic E-state index is 9.85. The zero-order valence-corrected chi connectivity index (χ0v) is 12.2. The predicted molar refractivity (Wildman–Crippen MR) is 83.2 cm³/mol. The number of nitriles is 1. The summed E-state index contributed by atoms with van der Waals surface area (Å²) in [6, 6.07) is 21.9. The summed E-state index contributed by atoms with van der Waals surface area (Å²) in [4.78, 5) is 2.12. The van der Waals surface area contributed by atoms with Crippen LogP contribution in [-0.2, 0) is 13.1 Å². The van der Waals surface area contributed by atoms with E-state index in [1.807, 2.05) is 49.4 Å². The lowest BCUT2D eigenvalue weighted by Crippen LogP contribution is -2.40. The van der Waals surface area contributed by atoms with Crippen LogP contribution in [0, 0.1) is 11.3 Å². The highest BCUT2D eigenvalue weighted by atomic mass is 16.3. The molecule has 2 aromatic rings. The lowest BCUT2D eigenvalue weighted by atomic mass is 10.1. The normalized spacial score (nSPS) is 13.6. The van der Waals surface area contributed by atoms with Gasteiger partial charge in [-0.05, 0) is 18.1 Å². The number of rotatable bonds is 6. The number of benzene rings is 2. The number of hydrogen-bond acceptors (Lipinski definition) is 3. The third kappa shape index (κ3) is 4.42.